The van der Waals surface area contributed by atoms with Crippen LogP contribution in [0.2, 0.25) is 0 Å². The molecule has 2 aromatic rings. The maximum absolute atomic E-state index is 13.8. The average molecular weight is 308 g/mol. The highest BCUT2D eigenvalue weighted by molar-refractivity contribution is 7.92. The highest BCUT2D eigenvalue weighted by atomic mass is 32.2. The number of rotatable bonds is 5. The van der Waals surface area contributed by atoms with E-state index in [1.165, 1.54) is 18.2 Å². The fourth-order valence-electron chi connectivity index (χ4n) is 2.05. The van der Waals surface area contributed by atoms with Crippen LogP contribution in [0, 0.1) is 12.7 Å². The second-order valence-corrected chi connectivity index (χ2v) is 6.33. The molecule has 0 spiro atoms. The smallest absolute Gasteiger partial charge is 0.262 e. The van der Waals surface area contributed by atoms with Crippen LogP contribution in [0.1, 0.15) is 11.1 Å². The Bertz CT molecular complexity index is 725. The predicted octanol–water partition coefficient (Wildman–Crippen LogP) is 2.65. The minimum atomic E-state index is -3.84. The summed E-state index contributed by atoms with van der Waals surface area (Å²) in [5, 5.41) is 2.92. The zero-order valence-electron chi connectivity index (χ0n) is 11.9. The highest BCUT2D eigenvalue weighted by Crippen LogP contribution is 2.24. The summed E-state index contributed by atoms with van der Waals surface area (Å²) in [6, 6.07) is 11.1. The van der Waals surface area contributed by atoms with Crippen molar-refractivity contribution in [1.29, 1.82) is 0 Å². The SMILES string of the molecule is CNCc1ccccc1S(=O)(=O)Nc1c(C)cccc1F. The Kier molecular flexibility index (Phi) is 4.59. The van der Waals surface area contributed by atoms with E-state index in [9.17, 15) is 12.8 Å². The first-order valence-corrected chi connectivity index (χ1v) is 7.94. The van der Waals surface area contributed by atoms with Crippen LogP contribution >= 0.6 is 0 Å². The molecular formula is C15H17FN2O2S. The Hall–Kier alpha value is -1.92. The van der Waals surface area contributed by atoms with Gasteiger partial charge in [-0.05, 0) is 37.2 Å². The molecule has 21 heavy (non-hydrogen) atoms. The summed E-state index contributed by atoms with van der Waals surface area (Å²) < 4.78 is 41.1. The zero-order valence-corrected chi connectivity index (χ0v) is 12.7. The molecule has 0 saturated carbocycles. The van der Waals surface area contributed by atoms with Crippen LogP contribution in [-0.2, 0) is 16.6 Å². The quantitative estimate of drug-likeness (QED) is 0.893. The fourth-order valence-corrected chi connectivity index (χ4v) is 3.43. The van der Waals surface area contributed by atoms with Crippen molar-refractivity contribution in [2.45, 2.75) is 18.4 Å². The molecule has 0 radical (unpaired) electrons. The number of halogens is 1. The Morgan fingerprint density at radius 2 is 1.81 bits per heavy atom. The van der Waals surface area contributed by atoms with E-state index in [0.717, 1.165) is 0 Å². The van der Waals surface area contributed by atoms with Crippen molar-refractivity contribution in [3.05, 3.63) is 59.4 Å². The maximum Gasteiger partial charge on any atom is 0.262 e. The van der Waals surface area contributed by atoms with Crippen molar-refractivity contribution < 1.29 is 12.8 Å². The molecule has 0 amide bonds. The largest absolute Gasteiger partial charge is 0.316 e. The molecule has 2 rings (SSSR count). The van der Waals surface area contributed by atoms with E-state index >= 15 is 0 Å². The van der Waals surface area contributed by atoms with Gasteiger partial charge in [-0.2, -0.15) is 0 Å². The zero-order chi connectivity index (χ0) is 15.5. The van der Waals surface area contributed by atoms with E-state index < -0.39 is 15.8 Å². The van der Waals surface area contributed by atoms with Gasteiger partial charge in [0, 0.05) is 6.54 Å². The number of aryl methyl sites for hydroxylation is 1. The van der Waals surface area contributed by atoms with Gasteiger partial charge in [-0.15, -0.1) is 0 Å². The minimum absolute atomic E-state index is 0.0169. The molecule has 0 aromatic heterocycles. The lowest BCUT2D eigenvalue weighted by atomic mass is 10.2. The molecule has 0 aliphatic heterocycles. The van der Waals surface area contributed by atoms with Gasteiger partial charge >= 0.3 is 0 Å². The van der Waals surface area contributed by atoms with Crippen LogP contribution < -0.4 is 10.0 Å². The van der Waals surface area contributed by atoms with Crippen molar-refractivity contribution >= 4 is 15.7 Å². The number of hydrogen-bond acceptors (Lipinski definition) is 3. The second kappa shape index (κ2) is 6.24. The number of nitrogens with one attached hydrogen (secondary N) is 2. The summed E-state index contributed by atoms with van der Waals surface area (Å²) in [5.41, 5.74) is 1.14. The van der Waals surface area contributed by atoms with Crippen LogP contribution in [0.4, 0.5) is 10.1 Å². The first kappa shape index (κ1) is 15.5. The number of sulfonamides is 1. The summed E-state index contributed by atoms with van der Waals surface area (Å²) in [6.45, 7) is 2.06. The van der Waals surface area contributed by atoms with Crippen molar-refractivity contribution in [3.8, 4) is 0 Å². The molecule has 0 atom stereocenters. The maximum atomic E-state index is 13.8. The normalized spacial score (nSPS) is 11.4. The predicted molar refractivity (Wildman–Crippen MR) is 81.2 cm³/mol. The molecule has 0 aliphatic carbocycles. The molecule has 0 heterocycles. The third kappa shape index (κ3) is 3.40. The summed E-state index contributed by atoms with van der Waals surface area (Å²) in [7, 11) is -2.11. The van der Waals surface area contributed by atoms with E-state index in [2.05, 4.69) is 10.0 Å². The molecule has 2 aromatic carbocycles. The van der Waals surface area contributed by atoms with E-state index in [4.69, 9.17) is 0 Å². The highest BCUT2D eigenvalue weighted by Gasteiger charge is 2.20. The Morgan fingerprint density at radius 3 is 2.48 bits per heavy atom. The van der Waals surface area contributed by atoms with Gasteiger partial charge in [-0.25, -0.2) is 12.8 Å². The van der Waals surface area contributed by atoms with Crippen molar-refractivity contribution in [3.63, 3.8) is 0 Å². The lowest BCUT2D eigenvalue weighted by Crippen LogP contribution is -2.18. The van der Waals surface area contributed by atoms with Crippen LogP contribution in [0.3, 0.4) is 0 Å². The van der Waals surface area contributed by atoms with Gasteiger partial charge in [0.05, 0.1) is 10.6 Å². The third-order valence-electron chi connectivity index (χ3n) is 3.09. The van der Waals surface area contributed by atoms with Gasteiger partial charge in [0.1, 0.15) is 5.82 Å². The molecule has 6 heteroatoms. The molecule has 112 valence electrons. The summed E-state index contributed by atoms with van der Waals surface area (Å²) in [6.07, 6.45) is 0. The molecule has 0 aliphatic rings. The van der Waals surface area contributed by atoms with Gasteiger partial charge in [-0.1, -0.05) is 30.3 Å². The number of hydrogen-bond donors (Lipinski definition) is 2. The van der Waals surface area contributed by atoms with Crippen molar-refractivity contribution in [2.24, 2.45) is 0 Å². The fraction of sp³-hybridized carbons (Fsp3) is 0.200. The van der Waals surface area contributed by atoms with E-state index in [1.807, 2.05) is 0 Å². The first-order chi connectivity index (χ1) is 9.95. The van der Waals surface area contributed by atoms with Gasteiger partial charge in [0.25, 0.3) is 10.0 Å². The molecule has 0 saturated heterocycles. The first-order valence-electron chi connectivity index (χ1n) is 6.46. The van der Waals surface area contributed by atoms with Gasteiger partial charge in [0.2, 0.25) is 0 Å². The second-order valence-electron chi connectivity index (χ2n) is 4.68. The average Bonchev–Trinajstić information content (AvgIpc) is 2.44. The van der Waals surface area contributed by atoms with Crippen LogP contribution in [0.5, 0.6) is 0 Å². The van der Waals surface area contributed by atoms with Crippen LogP contribution in [0.25, 0.3) is 0 Å². The van der Waals surface area contributed by atoms with Crippen molar-refractivity contribution in [2.75, 3.05) is 11.8 Å². The third-order valence-corrected chi connectivity index (χ3v) is 4.54. The summed E-state index contributed by atoms with van der Waals surface area (Å²) in [5.74, 6) is -0.593. The molecule has 0 unspecified atom stereocenters. The molecule has 0 bridgehead atoms. The lowest BCUT2D eigenvalue weighted by molar-refractivity contribution is 0.596. The molecule has 4 nitrogen and oxygen atoms in total. The van der Waals surface area contributed by atoms with E-state index in [-0.39, 0.29) is 10.6 Å². The number of para-hydroxylation sites is 1. The Balaban J connectivity index is 2.44. The van der Waals surface area contributed by atoms with Crippen molar-refractivity contribution in [1.82, 2.24) is 5.32 Å². The van der Waals surface area contributed by atoms with Crippen LogP contribution in [-0.4, -0.2) is 15.5 Å². The Morgan fingerprint density at radius 1 is 1.10 bits per heavy atom. The van der Waals surface area contributed by atoms with Gasteiger partial charge < -0.3 is 5.32 Å². The summed E-state index contributed by atoms with van der Waals surface area (Å²) in [4.78, 5) is 0.141. The van der Waals surface area contributed by atoms with Gasteiger partial charge in [0.15, 0.2) is 0 Å². The summed E-state index contributed by atoms with van der Waals surface area (Å²) >= 11 is 0. The lowest BCUT2D eigenvalue weighted by Gasteiger charge is -2.14. The molecule has 2 N–H and O–H groups in total. The monoisotopic (exact) mass is 308 g/mol. The Labute approximate surface area is 124 Å². The van der Waals surface area contributed by atoms with Gasteiger partial charge in [-0.3, -0.25) is 4.72 Å². The molecule has 0 fully saturated rings. The van der Waals surface area contributed by atoms with Crippen LogP contribution in [0.15, 0.2) is 47.4 Å². The number of anilines is 1. The van der Waals surface area contributed by atoms with E-state index in [0.29, 0.717) is 17.7 Å². The topological polar surface area (TPSA) is 58.2 Å². The number of benzene rings is 2. The molecular weight excluding hydrogens is 291 g/mol. The minimum Gasteiger partial charge on any atom is -0.316 e. The standard InChI is InChI=1S/C15H17FN2O2S/c1-11-6-5-8-13(16)15(11)18-21(19,20)14-9-4-3-7-12(14)10-17-2/h3-9,17-18H,10H2,1-2H3. The van der Waals surface area contributed by atoms with E-state index in [1.54, 1.807) is 38.2 Å².